The van der Waals surface area contributed by atoms with Gasteiger partial charge in [-0.05, 0) is 30.7 Å². The molecule has 0 aliphatic rings. The van der Waals surface area contributed by atoms with E-state index in [2.05, 4.69) is 0 Å². The Morgan fingerprint density at radius 1 is 1.20 bits per heavy atom. The predicted octanol–water partition coefficient (Wildman–Crippen LogP) is 0.926. The lowest BCUT2D eigenvalue weighted by Gasteiger charge is -1.96. The van der Waals surface area contributed by atoms with E-state index in [0.717, 1.165) is 0 Å². The van der Waals surface area contributed by atoms with Gasteiger partial charge < -0.3 is 10.2 Å². The van der Waals surface area contributed by atoms with Crippen molar-refractivity contribution in [3.63, 3.8) is 0 Å². The van der Waals surface area contributed by atoms with E-state index in [9.17, 15) is 0 Å². The molecule has 1 rings (SSSR count). The number of rotatable bonds is 0. The van der Waals surface area contributed by atoms with Crippen LogP contribution >= 0.6 is 0 Å². The molecule has 53 valence electrons. The average Bonchev–Trinajstić information content (AvgIpc) is 1.80. The molecule has 0 heterocycles. The fourth-order valence-electron chi connectivity index (χ4n) is 0.640. The van der Waals surface area contributed by atoms with Crippen molar-refractivity contribution in [2.75, 3.05) is 0 Å². The van der Waals surface area contributed by atoms with Crippen LogP contribution in [0.3, 0.4) is 0 Å². The van der Waals surface area contributed by atoms with E-state index in [4.69, 9.17) is 10.2 Å². The molecule has 0 saturated heterocycles. The molecule has 0 bridgehead atoms. The van der Waals surface area contributed by atoms with Crippen LogP contribution in [-0.4, -0.2) is 10.2 Å². The molecule has 0 spiro atoms. The zero-order valence-electron chi connectivity index (χ0n) is 5.57. The second-order valence-electron chi connectivity index (χ2n) is 1.97. The molecular formula is C7H8NO2. The highest BCUT2D eigenvalue weighted by Gasteiger charge is 1.93. The van der Waals surface area contributed by atoms with Crippen molar-refractivity contribution in [1.29, 1.82) is 0 Å². The Bertz CT molecular complexity index is 223. The highest BCUT2D eigenvalue weighted by Crippen LogP contribution is 2.19. The molecule has 0 saturated carbocycles. The van der Waals surface area contributed by atoms with Crippen LogP contribution in [0.5, 0.6) is 11.5 Å². The molecule has 0 amide bonds. The van der Waals surface area contributed by atoms with Gasteiger partial charge in [0.1, 0.15) is 11.5 Å². The number of aromatic hydroxyl groups is 2. The van der Waals surface area contributed by atoms with Crippen LogP contribution in [0.25, 0.3) is 0 Å². The monoisotopic (exact) mass is 138 g/mol. The number of nitrogens with zero attached hydrogens (tertiary/aromatic N) is 1. The van der Waals surface area contributed by atoms with Gasteiger partial charge in [-0.25, -0.2) is 0 Å². The average molecular weight is 138 g/mol. The van der Waals surface area contributed by atoms with E-state index in [1.807, 2.05) is 0 Å². The third-order valence-corrected chi connectivity index (χ3v) is 1.18. The highest BCUT2D eigenvalue weighted by molar-refractivity contribution is 5.37. The molecule has 3 nitrogen and oxygen atoms in total. The quantitative estimate of drug-likeness (QED) is 0.523. The fourth-order valence-corrected chi connectivity index (χ4v) is 0.640. The van der Waals surface area contributed by atoms with Crippen LogP contribution in [0, 0.1) is 6.92 Å². The molecule has 10 heavy (non-hydrogen) atoms. The van der Waals surface area contributed by atoms with E-state index < -0.39 is 0 Å². The summed E-state index contributed by atoms with van der Waals surface area (Å²) < 4.78 is 0. The van der Waals surface area contributed by atoms with Crippen molar-refractivity contribution in [1.82, 2.24) is 6.15 Å². The van der Waals surface area contributed by atoms with Crippen LogP contribution in [0.1, 0.15) is 5.56 Å². The Labute approximate surface area is 59.5 Å². The molecule has 0 aliphatic carbocycles. The van der Waals surface area contributed by atoms with Crippen LogP contribution in [0.4, 0.5) is 0 Å². The Morgan fingerprint density at radius 3 is 2.20 bits per heavy atom. The van der Waals surface area contributed by atoms with Crippen LogP contribution in [-0.2, 0) is 0 Å². The van der Waals surface area contributed by atoms with Crippen LogP contribution < -0.4 is 6.15 Å². The molecule has 0 aromatic heterocycles. The molecule has 0 fully saturated rings. The number of hydrogen-bond acceptors (Lipinski definition) is 2. The summed E-state index contributed by atoms with van der Waals surface area (Å²) in [6.07, 6.45) is 0. The molecule has 0 aliphatic heterocycles. The summed E-state index contributed by atoms with van der Waals surface area (Å²) in [7, 11) is 0. The lowest BCUT2D eigenvalue weighted by Crippen LogP contribution is -1.71. The molecule has 1 aromatic carbocycles. The van der Waals surface area contributed by atoms with E-state index in [-0.39, 0.29) is 17.6 Å². The van der Waals surface area contributed by atoms with E-state index in [1.54, 1.807) is 6.92 Å². The van der Waals surface area contributed by atoms with Gasteiger partial charge in [-0.2, -0.15) is 0 Å². The number of benzene rings is 1. The molecule has 0 unspecified atom stereocenters. The normalized spacial score (nSPS) is 8.50. The second kappa shape index (κ2) is 3.08. The van der Waals surface area contributed by atoms with Crippen molar-refractivity contribution in [2.45, 2.75) is 6.92 Å². The standard InChI is InChI=1S/C7H8O2.N/c1-5-4-6(8)2-3-7(5)9;/h2-4,8-9H,1H3;. The zero-order chi connectivity index (χ0) is 6.85. The minimum atomic E-state index is 0. The third kappa shape index (κ3) is 1.63. The topological polar surface area (TPSA) is 71.0 Å². The Balaban J connectivity index is 0.000000810. The largest absolute Gasteiger partial charge is 0.508 e. The van der Waals surface area contributed by atoms with Gasteiger partial charge in [0.05, 0.1) is 0 Å². The van der Waals surface area contributed by atoms with Crippen LogP contribution in [0.15, 0.2) is 18.2 Å². The molecule has 0 atom stereocenters. The lowest BCUT2D eigenvalue weighted by molar-refractivity contribution is 0.456. The number of phenols is 2. The van der Waals surface area contributed by atoms with Crippen molar-refractivity contribution in [2.24, 2.45) is 0 Å². The summed E-state index contributed by atoms with van der Waals surface area (Å²) in [4.78, 5) is 0. The second-order valence-corrected chi connectivity index (χ2v) is 1.97. The van der Waals surface area contributed by atoms with Gasteiger partial charge >= 0.3 is 0 Å². The van der Waals surface area contributed by atoms with E-state index in [1.165, 1.54) is 18.2 Å². The number of aryl methyl sites for hydroxylation is 1. The molecule has 1 aromatic rings. The SMILES string of the molecule is Cc1cc(O)ccc1O.[N]. The van der Waals surface area contributed by atoms with Crippen molar-refractivity contribution >= 4 is 0 Å². The Hall–Kier alpha value is -1.22. The van der Waals surface area contributed by atoms with Crippen molar-refractivity contribution in [3.05, 3.63) is 23.8 Å². The third-order valence-electron chi connectivity index (χ3n) is 1.18. The van der Waals surface area contributed by atoms with Gasteiger partial charge in [-0.1, -0.05) is 0 Å². The van der Waals surface area contributed by atoms with Gasteiger partial charge in [0.15, 0.2) is 0 Å². The maximum absolute atomic E-state index is 8.93. The first-order chi connectivity index (χ1) is 4.20. The minimum absolute atomic E-state index is 0. The minimum Gasteiger partial charge on any atom is -0.508 e. The van der Waals surface area contributed by atoms with Gasteiger partial charge in [-0.15, -0.1) is 0 Å². The molecular weight excluding hydrogens is 130 g/mol. The summed E-state index contributed by atoms with van der Waals surface area (Å²) >= 11 is 0. The maximum atomic E-state index is 8.93. The first-order valence-corrected chi connectivity index (χ1v) is 2.69. The van der Waals surface area contributed by atoms with E-state index in [0.29, 0.717) is 5.56 Å². The molecule has 2 N–H and O–H groups in total. The van der Waals surface area contributed by atoms with Gasteiger partial charge in [0.25, 0.3) is 0 Å². The fraction of sp³-hybridized carbons (Fsp3) is 0.143. The Morgan fingerprint density at radius 2 is 1.80 bits per heavy atom. The number of phenolic OH excluding ortho intramolecular Hbond substituents is 2. The molecule has 3 radical (unpaired) electrons. The van der Waals surface area contributed by atoms with E-state index >= 15 is 0 Å². The van der Waals surface area contributed by atoms with Gasteiger partial charge in [0.2, 0.25) is 0 Å². The van der Waals surface area contributed by atoms with Crippen LogP contribution in [0.2, 0.25) is 0 Å². The first-order valence-electron chi connectivity index (χ1n) is 2.69. The summed E-state index contributed by atoms with van der Waals surface area (Å²) in [5.74, 6) is 0.401. The Kier molecular flexibility index (Phi) is 2.70. The zero-order valence-corrected chi connectivity index (χ0v) is 5.57. The summed E-state index contributed by atoms with van der Waals surface area (Å²) in [6, 6.07) is 4.42. The summed E-state index contributed by atoms with van der Waals surface area (Å²) in [5, 5.41) is 17.8. The summed E-state index contributed by atoms with van der Waals surface area (Å²) in [5.41, 5.74) is 0.690. The number of hydrogen-bond donors (Lipinski definition) is 2. The van der Waals surface area contributed by atoms with Gasteiger partial charge in [0, 0.05) is 6.15 Å². The maximum Gasteiger partial charge on any atom is 0.118 e. The highest BCUT2D eigenvalue weighted by atomic mass is 16.3. The lowest BCUT2D eigenvalue weighted by atomic mass is 10.2. The smallest absolute Gasteiger partial charge is 0.118 e. The first kappa shape index (κ1) is 8.78. The molecule has 3 heteroatoms. The van der Waals surface area contributed by atoms with Gasteiger partial charge in [-0.3, -0.25) is 0 Å². The summed E-state index contributed by atoms with van der Waals surface area (Å²) in [6.45, 7) is 1.73. The predicted molar refractivity (Wildman–Crippen MR) is 36.6 cm³/mol. The van der Waals surface area contributed by atoms with Crippen molar-refractivity contribution in [3.8, 4) is 11.5 Å². The van der Waals surface area contributed by atoms with Crippen molar-refractivity contribution < 1.29 is 10.2 Å².